The molecule has 0 amide bonds. The van der Waals surface area contributed by atoms with Crippen molar-refractivity contribution < 1.29 is 9.13 Å². The van der Waals surface area contributed by atoms with Crippen molar-refractivity contribution in [1.29, 1.82) is 0 Å². The second-order valence-corrected chi connectivity index (χ2v) is 5.21. The Bertz CT molecular complexity index is 617. The third-order valence-electron chi connectivity index (χ3n) is 3.04. The van der Waals surface area contributed by atoms with Crippen molar-refractivity contribution >= 4 is 11.6 Å². The molecule has 0 atom stereocenters. The van der Waals surface area contributed by atoms with Crippen LogP contribution in [0.3, 0.4) is 0 Å². The highest BCUT2D eigenvalue weighted by atomic mass is 35.5. The Labute approximate surface area is 121 Å². The number of aromatic nitrogens is 1. The quantitative estimate of drug-likeness (QED) is 0.907. The van der Waals surface area contributed by atoms with Crippen LogP contribution in [0, 0.1) is 5.82 Å². The zero-order chi connectivity index (χ0) is 13.9. The molecule has 0 saturated heterocycles. The summed E-state index contributed by atoms with van der Waals surface area (Å²) in [5.74, 6) is 0.480. The zero-order valence-corrected chi connectivity index (χ0v) is 11.5. The zero-order valence-electron chi connectivity index (χ0n) is 10.8. The first-order chi connectivity index (χ1) is 9.70. The summed E-state index contributed by atoms with van der Waals surface area (Å²) in [4.78, 5) is 4.40. The Morgan fingerprint density at radius 1 is 1.30 bits per heavy atom. The number of pyridine rings is 1. The molecule has 1 aliphatic carbocycles. The van der Waals surface area contributed by atoms with E-state index in [1.807, 2.05) is 12.1 Å². The largest absolute Gasteiger partial charge is 0.439 e. The predicted molar refractivity (Wildman–Crippen MR) is 75.6 cm³/mol. The van der Waals surface area contributed by atoms with Gasteiger partial charge < -0.3 is 10.1 Å². The monoisotopic (exact) mass is 292 g/mol. The average Bonchev–Trinajstić information content (AvgIpc) is 3.25. The number of hydrogen-bond acceptors (Lipinski definition) is 3. The van der Waals surface area contributed by atoms with E-state index in [2.05, 4.69) is 10.3 Å². The summed E-state index contributed by atoms with van der Waals surface area (Å²) in [6, 6.07) is 10.5. The molecule has 104 valence electrons. The summed E-state index contributed by atoms with van der Waals surface area (Å²) in [6.45, 7) is 0.728. The van der Waals surface area contributed by atoms with Crippen molar-refractivity contribution in [2.45, 2.75) is 25.4 Å². The van der Waals surface area contributed by atoms with Gasteiger partial charge in [-0.1, -0.05) is 17.7 Å². The Balaban J connectivity index is 1.69. The highest BCUT2D eigenvalue weighted by molar-refractivity contribution is 6.30. The molecule has 3 nitrogen and oxygen atoms in total. The van der Waals surface area contributed by atoms with Crippen molar-refractivity contribution in [3.05, 3.63) is 52.9 Å². The number of nitrogens with zero attached hydrogens (tertiary/aromatic N) is 1. The number of ether oxygens (including phenoxy) is 1. The first-order valence-corrected chi connectivity index (χ1v) is 6.91. The van der Waals surface area contributed by atoms with Crippen molar-refractivity contribution in [3.8, 4) is 11.6 Å². The SMILES string of the molecule is Fc1ccc(Oc2cccc(CNC3CC3)n2)cc1Cl. The third-order valence-corrected chi connectivity index (χ3v) is 3.33. The third kappa shape index (κ3) is 3.46. The molecule has 5 heteroatoms. The summed E-state index contributed by atoms with van der Waals surface area (Å²) in [7, 11) is 0. The fourth-order valence-corrected chi connectivity index (χ4v) is 1.98. The topological polar surface area (TPSA) is 34.1 Å². The molecule has 1 heterocycles. The Morgan fingerprint density at radius 3 is 2.90 bits per heavy atom. The van der Waals surface area contributed by atoms with Crippen LogP contribution in [0.4, 0.5) is 4.39 Å². The van der Waals surface area contributed by atoms with Crippen molar-refractivity contribution in [1.82, 2.24) is 10.3 Å². The molecule has 0 radical (unpaired) electrons. The molecule has 1 aromatic heterocycles. The van der Waals surface area contributed by atoms with Gasteiger partial charge in [-0.25, -0.2) is 9.37 Å². The van der Waals surface area contributed by atoms with Crippen molar-refractivity contribution in [3.63, 3.8) is 0 Å². The lowest BCUT2D eigenvalue weighted by atomic mass is 10.3. The van der Waals surface area contributed by atoms with Gasteiger partial charge in [-0.05, 0) is 31.0 Å². The molecule has 1 saturated carbocycles. The van der Waals surface area contributed by atoms with E-state index >= 15 is 0 Å². The maximum Gasteiger partial charge on any atom is 0.219 e. The van der Waals surface area contributed by atoms with E-state index in [1.54, 1.807) is 6.07 Å². The molecular weight excluding hydrogens is 279 g/mol. The summed E-state index contributed by atoms with van der Waals surface area (Å²) < 4.78 is 18.7. The standard InChI is InChI=1S/C15H14ClFN2O/c16-13-8-12(6-7-14(13)17)20-15-3-1-2-11(19-15)9-18-10-4-5-10/h1-3,6-8,10,18H,4-5,9H2. The van der Waals surface area contributed by atoms with Crippen LogP contribution in [0.2, 0.25) is 5.02 Å². The molecule has 0 aliphatic heterocycles. The molecular formula is C15H14ClFN2O. The first-order valence-electron chi connectivity index (χ1n) is 6.53. The Hall–Kier alpha value is -1.65. The summed E-state index contributed by atoms with van der Waals surface area (Å²) in [5, 5.41) is 3.43. The number of halogens is 2. The van der Waals surface area contributed by atoms with Gasteiger partial charge in [0.1, 0.15) is 11.6 Å². The van der Waals surface area contributed by atoms with Gasteiger partial charge in [-0.15, -0.1) is 0 Å². The lowest BCUT2D eigenvalue weighted by Crippen LogP contribution is -2.16. The molecule has 0 unspecified atom stereocenters. The molecule has 3 rings (SSSR count). The minimum Gasteiger partial charge on any atom is -0.439 e. The van der Waals surface area contributed by atoms with E-state index in [0.29, 0.717) is 17.7 Å². The van der Waals surface area contributed by atoms with E-state index in [1.165, 1.54) is 31.0 Å². The fourth-order valence-electron chi connectivity index (χ4n) is 1.81. The smallest absolute Gasteiger partial charge is 0.219 e. The summed E-state index contributed by atoms with van der Waals surface area (Å²) >= 11 is 5.72. The highest BCUT2D eigenvalue weighted by Gasteiger charge is 2.20. The van der Waals surface area contributed by atoms with E-state index in [0.717, 1.165) is 12.2 Å². The van der Waals surface area contributed by atoms with Crippen LogP contribution in [0.1, 0.15) is 18.5 Å². The fraction of sp³-hybridized carbons (Fsp3) is 0.267. The van der Waals surface area contributed by atoms with Gasteiger partial charge in [-0.2, -0.15) is 0 Å². The van der Waals surface area contributed by atoms with Crippen LogP contribution in [-0.2, 0) is 6.54 Å². The van der Waals surface area contributed by atoms with Gasteiger partial charge in [-0.3, -0.25) is 0 Å². The van der Waals surface area contributed by atoms with E-state index in [9.17, 15) is 4.39 Å². The van der Waals surface area contributed by atoms with E-state index in [4.69, 9.17) is 16.3 Å². The summed E-state index contributed by atoms with van der Waals surface area (Å²) in [6.07, 6.45) is 2.48. The minimum absolute atomic E-state index is 0.0362. The van der Waals surface area contributed by atoms with Crippen LogP contribution in [0.25, 0.3) is 0 Å². The normalized spacial score (nSPS) is 14.3. The van der Waals surface area contributed by atoms with Gasteiger partial charge in [0.15, 0.2) is 0 Å². The predicted octanol–water partition coefficient (Wildman–Crippen LogP) is 3.92. The molecule has 1 aromatic carbocycles. The van der Waals surface area contributed by atoms with Crippen LogP contribution in [-0.4, -0.2) is 11.0 Å². The molecule has 0 spiro atoms. The van der Waals surface area contributed by atoms with Gasteiger partial charge in [0.25, 0.3) is 0 Å². The summed E-state index contributed by atoms with van der Waals surface area (Å²) in [5.41, 5.74) is 0.919. The Morgan fingerprint density at radius 2 is 2.15 bits per heavy atom. The van der Waals surface area contributed by atoms with E-state index < -0.39 is 5.82 Å². The second kappa shape index (κ2) is 5.77. The second-order valence-electron chi connectivity index (χ2n) is 4.80. The number of nitrogens with one attached hydrogen (secondary N) is 1. The van der Waals surface area contributed by atoms with Gasteiger partial charge in [0.2, 0.25) is 5.88 Å². The van der Waals surface area contributed by atoms with Crippen molar-refractivity contribution in [2.75, 3.05) is 0 Å². The first kappa shape index (κ1) is 13.3. The van der Waals surface area contributed by atoms with Gasteiger partial charge >= 0.3 is 0 Å². The molecule has 1 N–H and O–H groups in total. The number of hydrogen-bond donors (Lipinski definition) is 1. The van der Waals surface area contributed by atoms with E-state index in [-0.39, 0.29) is 5.02 Å². The maximum atomic E-state index is 13.1. The maximum absolute atomic E-state index is 13.1. The Kier molecular flexibility index (Phi) is 3.85. The van der Waals surface area contributed by atoms with Gasteiger partial charge in [0.05, 0.1) is 10.7 Å². The van der Waals surface area contributed by atoms with Crippen LogP contribution >= 0.6 is 11.6 Å². The highest BCUT2D eigenvalue weighted by Crippen LogP contribution is 2.25. The minimum atomic E-state index is -0.464. The molecule has 2 aromatic rings. The van der Waals surface area contributed by atoms with Crippen molar-refractivity contribution in [2.24, 2.45) is 0 Å². The average molecular weight is 293 g/mol. The lowest BCUT2D eigenvalue weighted by molar-refractivity contribution is 0.458. The molecule has 0 bridgehead atoms. The van der Waals surface area contributed by atoms with Crippen LogP contribution in [0.5, 0.6) is 11.6 Å². The molecule has 20 heavy (non-hydrogen) atoms. The van der Waals surface area contributed by atoms with Crippen LogP contribution in [0.15, 0.2) is 36.4 Å². The van der Waals surface area contributed by atoms with Crippen LogP contribution < -0.4 is 10.1 Å². The molecule has 1 aliphatic rings. The number of benzene rings is 1. The number of rotatable bonds is 5. The molecule has 1 fully saturated rings. The lowest BCUT2D eigenvalue weighted by Gasteiger charge is -2.07. The van der Waals surface area contributed by atoms with Gasteiger partial charge in [0, 0.05) is 24.7 Å².